The second-order valence-corrected chi connectivity index (χ2v) is 3.24. The molecule has 0 spiro atoms. The first-order valence-electron chi connectivity index (χ1n) is 4.72. The minimum atomic E-state index is -0.00167. The molecule has 0 heterocycles. The number of rotatable bonds is 4. The first kappa shape index (κ1) is 11.5. The van der Waals surface area contributed by atoms with Crippen LogP contribution < -0.4 is 4.74 Å². The molecule has 0 bridgehead atoms. The molecular weight excluding hydrogens is 194 g/mol. The molecule has 0 saturated carbocycles. The van der Waals surface area contributed by atoms with E-state index >= 15 is 0 Å². The number of aliphatic hydroxyl groups is 1. The lowest BCUT2D eigenvalue weighted by Gasteiger charge is -2.08. The van der Waals surface area contributed by atoms with Crippen molar-refractivity contribution in [3.05, 3.63) is 29.3 Å². The van der Waals surface area contributed by atoms with Crippen LogP contribution in [0, 0.1) is 6.92 Å². The van der Waals surface area contributed by atoms with E-state index in [0.717, 1.165) is 16.9 Å². The number of hydrogen-bond donors (Lipinski definition) is 2. The van der Waals surface area contributed by atoms with E-state index in [1.807, 2.05) is 19.1 Å². The molecule has 0 amide bonds. The van der Waals surface area contributed by atoms with Crippen molar-refractivity contribution in [2.75, 3.05) is 13.2 Å². The van der Waals surface area contributed by atoms with Gasteiger partial charge in [0.2, 0.25) is 0 Å². The molecular formula is C11H15NO3. The van der Waals surface area contributed by atoms with Crippen LogP contribution in [-0.4, -0.2) is 29.2 Å². The Bertz CT molecular complexity index is 361. The van der Waals surface area contributed by atoms with Gasteiger partial charge in [-0.05, 0) is 43.2 Å². The summed E-state index contributed by atoms with van der Waals surface area (Å²) in [5.41, 5.74) is 2.36. The number of aryl methyl sites for hydroxylation is 1. The smallest absolute Gasteiger partial charge is 0.122 e. The summed E-state index contributed by atoms with van der Waals surface area (Å²) in [5, 5.41) is 20.4. The van der Waals surface area contributed by atoms with Gasteiger partial charge in [0.1, 0.15) is 12.4 Å². The van der Waals surface area contributed by atoms with Crippen molar-refractivity contribution in [1.29, 1.82) is 0 Å². The van der Waals surface area contributed by atoms with Gasteiger partial charge in [-0.15, -0.1) is 0 Å². The van der Waals surface area contributed by atoms with E-state index in [0.29, 0.717) is 5.71 Å². The molecule has 0 aliphatic carbocycles. The van der Waals surface area contributed by atoms with Crippen LogP contribution in [0.25, 0.3) is 0 Å². The molecule has 0 aliphatic heterocycles. The highest BCUT2D eigenvalue weighted by molar-refractivity contribution is 5.98. The first-order chi connectivity index (χ1) is 7.19. The van der Waals surface area contributed by atoms with Crippen LogP contribution >= 0.6 is 0 Å². The Morgan fingerprint density at radius 3 is 2.73 bits per heavy atom. The minimum absolute atomic E-state index is 0.00167. The normalized spacial score (nSPS) is 11.5. The standard InChI is InChI=1S/C11H15NO3/c1-8-7-10(9(2)12-14)3-4-11(8)15-6-5-13/h3-4,7,13-14H,5-6H2,1-2H3/b12-9+. The molecule has 0 atom stereocenters. The van der Waals surface area contributed by atoms with Crippen LogP contribution in [0.4, 0.5) is 0 Å². The van der Waals surface area contributed by atoms with E-state index in [9.17, 15) is 0 Å². The Labute approximate surface area is 88.8 Å². The zero-order valence-corrected chi connectivity index (χ0v) is 8.90. The number of benzene rings is 1. The second kappa shape index (κ2) is 5.36. The molecule has 0 fully saturated rings. The monoisotopic (exact) mass is 209 g/mol. The van der Waals surface area contributed by atoms with E-state index in [1.54, 1.807) is 13.0 Å². The summed E-state index contributed by atoms with van der Waals surface area (Å²) in [6.07, 6.45) is 0. The van der Waals surface area contributed by atoms with E-state index in [-0.39, 0.29) is 13.2 Å². The maximum atomic E-state index is 8.62. The average Bonchev–Trinajstić information content (AvgIpc) is 2.26. The fourth-order valence-electron chi connectivity index (χ4n) is 1.25. The van der Waals surface area contributed by atoms with Crippen molar-refractivity contribution >= 4 is 5.71 Å². The van der Waals surface area contributed by atoms with Crippen LogP contribution in [0.2, 0.25) is 0 Å². The van der Waals surface area contributed by atoms with Gasteiger partial charge in [-0.25, -0.2) is 0 Å². The highest BCUT2D eigenvalue weighted by Gasteiger charge is 2.03. The van der Waals surface area contributed by atoms with Crippen LogP contribution in [0.1, 0.15) is 18.1 Å². The van der Waals surface area contributed by atoms with Crippen molar-refractivity contribution < 1.29 is 15.1 Å². The Kier molecular flexibility index (Phi) is 4.12. The van der Waals surface area contributed by atoms with E-state index in [2.05, 4.69) is 5.16 Å². The summed E-state index contributed by atoms with van der Waals surface area (Å²) < 4.78 is 5.30. The van der Waals surface area contributed by atoms with Gasteiger partial charge in [-0.2, -0.15) is 0 Å². The minimum Gasteiger partial charge on any atom is -0.491 e. The third kappa shape index (κ3) is 2.95. The molecule has 0 aromatic heterocycles. The zero-order chi connectivity index (χ0) is 11.3. The van der Waals surface area contributed by atoms with Gasteiger partial charge in [0.15, 0.2) is 0 Å². The topological polar surface area (TPSA) is 62.1 Å². The molecule has 0 unspecified atom stereocenters. The van der Waals surface area contributed by atoms with Crippen molar-refractivity contribution in [1.82, 2.24) is 0 Å². The number of nitrogens with zero attached hydrogens (tertiary/aromatic N) is 1. The molecule has 1 aromatic carbocycles. The van der Waals surface area contributed by atoms with Gasteiger partial charge in [-0.3, -0.25) is 0 Å². The maximum absolute atomic E-state index is 8.62. The lowest BCUT2D eigenvalue weighted by atomic mass is 10.1. The summed E-state index contributed by atoms with van der Waals surface area (Å²) in [6, 6.07) is 5.49. The molecule has 0 saturated heterocycles. The van der Waals surface area contributed by atoms with Gasteiger partial charge >= 0.3 is 0 Å². The fourth-order valence-corrected chi connectivity index (χ4v) is 1.25. The van der Waals surface area contributed by atoms with Crippen molar-refractivity contribution in [2.24, 2.45) is 5.16 Å². The van der Waals surface area contributed by atoms with Crippen molar-refractivity contribution in [2.45, 2.75) is 13.8 Å². The molecule has 2 N–H and O–H groups in total. The maximum Gasteiger partial charge on any atom is 0.122 e. The van der Waals surface area contributed by atoms with E-state index in [1.165, 1.54) is 0 Å². The number of aliphatic hydroxyl groups excluding tert-OH is 1. The number of ether oxygens (including phenoxy) is 1. The first-order valence-corrected chi connectivity index (χ1v) is 4.72. The Morgan fingerprint density at radius 1 is 1.47 bits per heavy atom. The highest BCUT2D eigenvalue weighted by Crippen LogP contribution is 2.19. The van der Waals surface area contributed by atoms with Crippen LogP contribution in [0.15, 0.2) is 23.4 Å². The van der Waals surface area contributed by atoms with Crippen molar-refractivity contribution in [3.8, 4) is 5.75 Å². The van der Waals surface area contributed by atoms with Crippen molar-refractivity contribution in [3.63, 3.8) is 0 Å². The van der Waals surface area contributed by atoms with Gasteiger partial charge < -0.3 is 15.1 Å². The second-order valence-electron chi connectivity index (χ2n) is 3.24. The fraction of sp³-hybridized carbons (Fsp3) is 0.364. The molecule has 0 radical (unpaired) electrons. The molecule has 4 heteroatoms. The largest absolute Gasteiger partial charge is 0.491 e. The summed E-state index contributed by atoms with van der Waals surface area (Å²) >= 11 is 0. The van der Waals surface area contributed by atoms with E-state index < -0.39 is 0 Å². The average molecular weight is 209 g/mol. The molecule has 1 aromatic rings. The quantitative estimate of drug-likeness (QED) is 0.449. The third-order valence-electron chi connectivity index (χ3n) is 2.09. The van der Waals surface area contributed by atoms with Gasteiger partial charge in [0, 0.05) is 0 Å². The predicted octanol–water partition coefficient (Wildman–Crippen LogP) is 1.56. The highest BCUT2D eigenvalue weighted by atomic mass is 16.5. The van der Waals surface area contributed by atoms with Crippen LogP contribution in [0.3, 0.4) is 0 Å². The molecule has 4 nitrogen and oxygen atoms in total. The SMILES string of the molecule is C/C(=N\O)c1ccc(OCCO)c(C)c1. The summed E-state index contributed by atoms with van der Waals surface area (Å²) in [6.45, 7) is 3.91. The summed E-state index contributed by atoms with van der Waals surface area (Å²) in [4.78, 5) is 0. The Morgan fingerprint density at radius 2 is 2.20 bits per heavy atom. The van der Waals surface area contributed by atoms with Gasteiger partial charge in [-0.1, -0.05) is 5.16 Å². The Hall–Kier alpha value is -1.55. The summed E-state index contributed by atoms with van der Waals surface area (Å²) in [7, 11) is 0. The van der Waals surface area contributed by atoms with Gasteiger partial charge in [0.25, 0.3) is 0 Å². The van der Waals surface area contributed by atoms with Crippen LogP contribution in [-0.2, 0) is 0 Å². The van der Waals surface area contributed by atoms with Gasteiger partial charge in [0.05, 0.1) is 12.3 Å². The van der Waals surface area contributed by atoms with E-state index in [4.69, 9.17) is 15.1 Å². The molecule has 82 valence electrons. The van der Waals surface area contributed by atoms with Crippen LogP contribution in [0.5, 0.6) is 5.75 Å². The molecule has 0 aliphatic rings. The third-order valence-corrected chi connectivity index (χ3v) is 2.09. The molecule has 1 rings (SSSR count). The summed E-state index contributed by atoms with van der Waals surface area (Å²) in [5.74, 6) is 0.735. The predicted molar refractivity (Wildman–Crippen MR) is 57.8 cm³/mol. The lowest BCUT2D eigenvalue weighted by molar-refractivity contribution is 0.200. The lowest BCUT2D eigenvalue weighted by Crippen LogP contribution is -2.03. The number of hydrogen-bond acceptors (Lipinski definition) is 4. The Balaban J connectivity index is 2.88. The number of oxime groups is 1. The zero-order valence-electron chi connectivity index (χ0n) is 8.90. The molecule has 15 heavy (non-hydrogen) atoms.